The molecule has 5 heteroatoms. The zero-order valence-corrected chi connectivity index (χ0v) is 14.2. The molecule has 2 aromatic rings. The number of aromatic nitrogens is 1. The summed E-state index contributed by atoms with van der Waals surface area (Å²) in [5, 5.41) is 4.00. The van der Waals surface area contributed by atoms with Gasteiger partial charge >= 0.3 is 0 Å². The minimum Gasteiger partial charge on any atom is -0.361 e. The van der Waals surface area contributed by atoms with Crippen LogP contribution in [0.3, 0.4) is 0 Å². The smallest absolute Gasteiger partial charge is 0.246 e. The molecule has 0 atom stereocenters. The van der Waals surface area contributed by atoms with Gasteiger partial charge < -0.3 is 9.42 Å². The largest absolute Gasteiger partial charge is 0.361 e. The minimum atomic E-state index is 0.0795. The molecule has 3 rings (SSSR count). The van der Waals surface area contributed by atoms with Crippen LogP contribution in [0, 0.1) is 13.8 Å². The summed E-state index contributed by atoms with van der Waals surface area (Å²) in [5.41, 5.74) is 3.17. The van der Waals surface area contributed by atoms with Gasteiger partial charge in [-0.15, -0.1) is 0 Å². The second kappa shape index (κ2) is 7.45. The van der Waals surface area contributed by atoms with Gasteiger partial charge in [-0.2, -0.15) is 0 Å². The molecule has 0 spiro atoms. The van der Waals surface area contributed by atoms with E-state index in [0.717, 1.165) is 49.7 Å². The van der Waals surface area contributed by atoms with Crippen molar-refractivity contribution in [1.82, 2.24) is 15.0 Å². The van der Waals surface area contributed by atoms with Crippen LogP contribution < -0.4 is 0 Å². The molecule has 1 aliphatic rings. The SMILES string of the molecule is Cc1noc(C)c1CN1CCN(C(=O)/C=C\c2ccccc2)CC1. The molecule has 5 nitrogen and oxygen atoms in total. The zero-order chi connectivity index (χ0) is 16.9. The van der Waals surface area contributed by atoms with Crippen molar-refractivity contribution >= 4 is 12.0 Å². The molecule has 1 aromatic heterocycles. The Hall–Kier alpha value is -2.40. The highest BCUT2D eigenvalue weighted by molar-refractivity contribution is 5.91. The van der Waals surface area contributed by atoms with Gasteiger partial charge in [0, 0.05) is 44.4 Å². The second-order valence-electron chi connectivity index (χ2n) is 6.15. The number of hydrogen-bond donors (Lipinski definition) is 0. The van der Waals surface area contributed by atoms with E-state index in [-0.39, 0.29) is 5.91 Å². The summed E-state index contributed by atoms with van der Waals surface area (Å²) in [5.74, 6) is 0.965. The standard InChI is InChI=1S/C19H23N3O2/c1-15-18(16(2)24-20-15)14-21-10-12-22(13-11-21)19(23)9-8-17-6-4-3-5-7-17/h3-9H,10-14H2,1-2H3/b9-8-. The molecule has 0 aliphatic carbocycles. The van der Waals surface area contributed by atoms with E-state index < -0.39 is 0 Å². The Balaban J connectivity index is 1.51. The molecule has 2 heterocycles. The summed E-state index contributed by atoms with van der Waals surface area (Å²) in [6, 6.07) is 9.89. The third-order valence-corrected chi connectivity index (χ3v) is 4.46. The highest BCUT2D eigenvalue weighted by Gasteiger charge is 2.21. The lowest BCUT2D eigenvalue weighted by Gasteiger charge is -2.34. The molecule has 0 unspecified atom stereocenters. The number of hydrogen-bond acceptors (Lipinski definition) is 4. The van der Waals surface area contributed by atoms with Crippen molar-refractivity contribution in [1.29, 1.82) is 0 Å². The Morgan fingerprint density at radius 3 is 2.50 bits per heavy atom. The monoisotopic (exact) mass is 325 g/mol. The molecule has 1 aliphatic heterocycles. The quantitative estimate of drug-likeness (QED) is 0.811. The van der Waals surface area contributed by atoms with Crippen molar-refractivity contribution in [3.05, 3.63) is 59.0 Å². The summed E-state index contributed by atoms with van der Waals surface area (Å²) >= 11 is 0. The van der Waals surface area contributed by atoms with Crippen LogP contribution in [0.15, 0.2) is 40.9 Å². The summed E-state index contributed by atoms with van der Waals surface area (Å²) < 4.78 is 5.22. The Bertz CT molecular complexity index is 694. The Morgan fingerprint density at radius 2 is 1.88 bits per heavy atom. The van der Waals surface area contributed by atoms with Gasteiger partial charge in [0.25, 0.3) is 0 Å². The average Bonchev–Trinajstić information content (AvgIpc) is 2.93. The van der Waals surface area contributed by atoms with Gasteiger partial charge in [-0.1, -0.05) is 35.5 Å². The van der Waals surface area contributed by atoms with Crippen LogP contribution in [0.25, 0.3) is 6.08 Å². The van der Waals surface area contributed by atoms with E-state index in [4.69, 9.17) is 4.52 Å². The van der Waals surface area contributed by atoms with Crippen LogP contribution in [0.5, 0.6) is 0 Å². The van der Waals surface area contributed by atoms with Crippen LogP contribution in [0.2, 0.25) is 0 Å². The first kappa shape index (κ1) is 16.5. The Labute approximate surface area is 142 Å². The van der Waals surface area contributed by atoms with E-state index in [1.54, 1.807) is 6.08 Å². The zero-order valence-electron chi connectivity index (χ0n) is 14.2. The number of nitrogens with zero attached hydrogens (tertiary/aromatic N) is 3. The van der Waals surface area contributed by atoms with Crippen LogP contribution in [0.1, 0.15) is 22.6 Å². The number of carbonyl (C=O) groups excluding carboxylic acids is 1. The second-order valence-corrected chi connectivity index (χ2v) is 6.15. The van der Waals surface area contributed by atoms with Crippen LogP contribution in [-0.2, 0) is 11.3 Å². The Morgan fingerprint density at radius 1 is 1.17 bits per heavy atom. The summed E-state index contributed by atoms with van der Waals surface area (Å²) in [6.07, 6.45) is 3.54. The molecule has 1 fully saturated rings. The number of aryl methyl sites for hydroxylation is 2. The highest BCUT2D eigenvalue weighted by atomic mass is 16.5. The third kappa shape index (κ3) is 3.92. The molecule has 0 saturated carbocycles. The highest BCUT2D eigenvalue weighted by Crippen LogP contribution is 2.16. The fourth-order valence-electron chi connectivity index (χ4n) is 2.91. The van der Waals surface area contributed by atoms with Gasteiger partial charge in [-0.25, -0.2) is 0 Å². The van der Waals surface area contributed by atoms with Crippen molar-refractivity contribution in [2.45, 2.75) is 20.4 Å². The lowest BCUT2D eigenvalue weighted by Crippen LogP contribution is -2.47. The predicted molar refractivity (Wildman–Crippen MR) is 93.3 cm³/mol. The number of rotatable bonds is 4. The topological polar surface area (TPSA) is 49.6 Å². The summed E-state index contributed by atoms with van der Waals surface area (Å²) in [6.45, 7) is 8.00. The van der Waals surface area contributed by atoms with Crippen LogP contribution >= 0.6 is 0 Å². The van der Waals surface area contributed by atoms with E-state index in [9.17, 15) is 4.79 Å². The molecular formula is C19H23N3O2. The first-order valence-corrected chi connectivity index (χ1v) is 8.29. The number of carbonyl (C=O) groups is 1. The van der Waals surface area contributed by atoms with Gasteiger partial charge in [0.2, 0.25) is 5.91 Å². The third-order valence-electron chi connectivity index (χ3n) is 4.46. The summed E-state index contributed by atoms with van der Waals surface area (Å²) in [4.78, 5) is 16.5. The van der Waals surface area contributed by atoms with Crippen molar-refractivity contribution in [2.24, 2.45) is 0 Å². The van der Waals surface area contributed by atoms with Gasteiger partial charge in [0.05, 0.1) is 5.69 Å². The molecular weight excluding hydrogens is 302 g/mol. The minimum absolute atomic E-state index is 0.0795. The molecule has 1 amide bonds. The van der Waals surface area contributed by atoms with E-state index in [1.165, 1.54) is 5.56 Å². The van der Waals surface area contributed by atoms with Crippen molar-refractivity contribution < 1.29 is 9.32 Å². The predicted octanol–water partition coefficient (Wildman–Crippen LogP) is 2.65. The molecule has 126 valence electrons. The number of benzene rings is 1. The lowest BCUT2D eigenvalue weighted by atomic mass is 10.1. The van der Waals surface area contributed by atoms with Crippen LogP contribution in [0.4, 0.5) is 0 Å². The number of piperazine rings is 1. The molecule has 0 bridgehead atoms. The van der Waals surface area contributed by atoms with Gasteiger partial charge in [0.1, 0.15) is 5.76 Å². The molecule has 24 heavy (non-hydrogen) atoms. The van der Waals surface area contributed by atoms with E-state index in [0.29, 0.717) is 0 Å². The van der Waals surface area contributed by atoms with E-state index in [1.807, 2.05) is 55.2 Å². The first-order valence-electron chi connectivity index (χ1n) is 8.29. The van der Waals surface area contributed by atoms with Crippen LogP contribution in [-0.4, -0.2) is 47.0 Å². The maximum atomic E-state index is 12.3. The first-order chi connectivity index (χ1) is 11.6. The van der Waals surface area contributed by atoms with Gasteiger partial charge in [-0.3, -0.25) is 9.69 Å². The lowest BCUT2D eigenvalue weighted by molar-refractivity contribution is -0.127. The summed E-state index contributed by atoms with van der Waals surface area (Å²) in [7, 11) is 0. The van der Waals surface area contributed by atoms with Crippen molar-refractivity contribution in [2.75, 3.05) is 26.2 Å². The number of amides is 1. The fraction of sp³-hybridized carbons (Fsp3) is 0.368. The van der Waals surface area contributed by atoms with E-state index in [2.05, 4.69) is 10.1 Å². The molecule has 1 saturated heterocycles. The van der Waals surface area contributed by atoms with Gasteiger partial charge in [0.15, 0.2) is 0 Å². The molecule has 0 radical (unpaired) electrons. The normalized spacial score (nSPS) is 16.0. The van der Waals surface area contributed by atoms with Crippen molar-refractivity contribution in [3.63, 3.8) is 0 Å². The molecule has 0 N–H and O–H groups in total. The van der Waals surface area contributed by atoms with Gasteiger partial charge in [-0.05, 0) is 25.5 Å². The maximum absolute atomic E-state index is 12.3. The Kier molecular flexibility index (Phi) is 5.11. The average molecular weight is 325 g/mol. The fourth-order valence-corrected chi connectivity index (χ4v) is 2.91. The molecule has 1 aromatic carbocycles. The van der Waals surface area contributed by atoms with Crippen molar-refractivity contribution in [3.8, 4) is 0 Å². The maximum Gasteiger partial charge on any atom is 0.246 e. The van der Waals surface area contributed by atoms with E-state index >= 15 is 0 Å².